The molecule has 1 unspecified atom stereocenters. The van der Waals surface area contributed by atoms with E-state index in [1.54, 1.807) is 0 Å². The number of carbonyl (C=O) groups is 1. The second kappa shape index (κ2) is 6.36. The molecule has 10 heteroatoms. The molecule has 2 heterocycles. The number of aromatic nitrogens is 2. The number of rotatable bonds is 1. The lowest BCUT2D eigenvalue weighted by Crippen LogP contribution is -2.29. The highest BCUT2D eigenvalue weighted by Crippen LogP contribution is 2.18. The Morgan fingerprint density at radius 3 is 2.47 bits per heavy atom. The van der Waals surface area contributed by atoms with Gasteiger partial charge in [-0.25, -0.2) is 9.59 Å². The lowest BCUT2D eigenvalue weighted by Gasteiger charge is -2.19. The predicted octanol–water partition coefficient (Wildman–Crippen LogP) is 0.463. The first-order valence-electron chi connectivity index (χ1n) is 5.37. The molecule has 0 bridgehead atoms. The summed E-state index contributed by atoms with van der Waals surface area (Å²) in [5.74, 6) is -2.24. The molecule has 0 aromatic carbocycles. The molecule has 19 heavy (non-hydrogen) atoms. The summed E-state index contributed by atoms with van der Waals surface area (Å²) in [6, 6.07) is 0. The maximum absolute atomic E-state index is 10.6. The van der Waals surface area contributed by atoms with Gasteiger partial charge in [-0.1, -0.05) is 5.16 Å². The largest absolute Gasteiger partial charge is 0.490 e. The van der Waals surface area contributed by atoms with E-state index in [9.17, 15) is 18.0 Å². The fourth-order valence-corrected chi connectivity index (χ4v) is 1.50. The second-order valence-corrected chi connectivity index (χ2v) is 3.83. The summed E-state index contributed by atoms with van der Waals surface area (Å²) in [5.41, 5.74) is 0. The summed E-state index contributed by atoms with van der Waals surface area (Å²) in [4.78, 5) is 22.1. The molecule has 108 valence electrons. The average molecular weight is 283 g/mol. The third-order valence-electron chi connectivity index (χ3n) is 2.38. The highest BCUT2D eigenvalue weighted by molar-refractivity contribution is 5.73. The maximum atomic E-state index is 10.6. The van der Waals surface area contributed by atoms with Crippen molar-refractivity contribution in [2.45, 2.75) is 24.9 Å². The fraction of sp³-hybridized carbons (Fsp3) is 0.667. The number of alkyl halides is 3. The number of carboxylic acid groups (broad SMARTS) is 1. The second-order valence-electron chi connectivity index (χ2n) is 3.83. The van der Waals surface area contributed by atoms with Crippen molar-refractivity contribution in [1.29, 1.82) is 0 Å². The number of aliphatic carboxylic acids is 1. The minimum Gasteiger partial charge on any atom is -0.475 e. The molecule has 0 aliphatic carbocycles. The topological polar surface area (TPSA) is 108 Å². The number of piperidine rings is 1. The van der Waals surface area contributed by atoms with E-state index in [1.807, 2.05) is 0 Å². The minimum absolute atomic E-state index is 0.310. The lowest BCUT2D eigenvalue weighted by atomic mass is 9.99. The zero-order valence-corrected chi connectivity index (χ0v) is 9.66. The van der Waals surface area contributed by atoms with Crippen LogP contribution in [0.2, 0.25) is 0 Å². The predicted molar refractivity (Wildman–Crippen MR) is 55.7 cm³/mol. The molecular weight excluding hydrogens is 271 g/mol. The quantitative estimate of drug-likeness (QED) is 0.691. The zero-order chi connectivity index (χ0) is 14.5. The van der Waals surface area contributed by atoms with Crippen LogP contribution in [-0.2, 0) is 4.79 Å². The van der Waals surface area contributed by atoms with Crippen molar-refractivity contribution >= 4 is 5.97 Å². The summed E-state index contributed by atoms with van der Waals surface area (Å²) >= 11 is 0. The van der Waals surface area contributed by atoms with E-state index in [4.69, 9.17) is 9.90 Å². The molecule has 0 saturated carbocycles. The van der Waals surface area contributed by atoms with Gasteiger partial charge in [0.05, 0.1) is 0 Å². The van der Waals surface area contributed by atoms with Crippen molar-refractivity contribution in [2.24, 2.45) is 0 Å². The van der Waals surface area contributed by atoms with Crippen LogP contribution in [0.15, 0.2) is 9.32 Å². The highest BCUT2D eigenvalue weighted by atomic mass is 19.4. The van der Waals surface area contributed by atoms with Gasteiger partial charge in [0.15, 0.2) is 5.82 Å². The van der Waals surface area contributed by atoms with Crippen LogP contribution in [-0.4, -0.2) is 40.5 Å². The van der Waals surface area contributed by atoms with Gasteiger partial charge in [0.2, 0.25) is 0 Å². The van der Waals surface area contributed by atoms with Gasteiger partial charge in [0.25, 0.3) is 0 Å². The molecule has 1 atom stereocenters. The van der Waals surface area contributed by atoms with Crippen molar-refractivity contribution in [3.05, 3.63) is 16.4 Å². The van der Waals surface area contributed by atoms with Crippen molar-refractivity contribution in [2.75, 3.05) is 13.1 Å². The smallest absolute Gasteiger partial charge is 0.475 e. The molecular formula is C9H12F3N3O4. The first kappa shape index (κ1) is 15.2. The number of carboxylic acids is 1. The van der Waals surface area contributed by atoms with E-state index < -0.39 is 17.9 Å². The molecule has 1 aromatic rings. The molecule has 7 nitrogen and oxygen atoms in total. The van der Waals surface area contributed by atoms with Crippen LogP contribution in [0.25, 0.3) is 0 Å². The van der Waals surface area contributed by atoms with Gasteiger partial charge in [-0.2, -0.15) is 13.2 Å². The van der Waals surface area contributed by atoms with Crippen molar-refractivity contribution in [3.63, 3.8) is 0 Å². The van der Waals surface area contributed by atoms with Gasteiger partial charge < -0.3 is 10.4 Å². The standard InChI is InChI=1S/C7H11N3O2.C2HF3O2/c11-7-9-6(10-12-7)5-2-1-3-8-4-5;3-2(4,5)1(6)7/h5,8H,1-4H2,(H,9,10,11);(H,6,7). The van der Waals surface area contributed by atoms with Gasteiger partial charge in [-0.15, -0.1) is 0 Å². The van der Waals surface area contributed by atoms with Crippen molar-refractivity contribution in [3.8, 4) is 0 Å². The van der Waals surface area contributed by atoms with Gasteiger partial charge in [-0.3, -0.25) is 9.51 Å². The number of halogens is 3. The van der Waals surface area contributed by atoms with Crippen LogP contribution in [0.4, 0.5) is 13.2 Å². The van der Waals surface area contributed by atoms with E-state index in [1.165, 1.54) is 0 Å². The first-order valence-corrected chi connectivity index (χ1v) is 5.37. The van der Waals surface area contributed by atoms with Gasteiger partial charge in [0.1, 0.15) is 0 Å². The lowest BCUT2D eigenvalue weighted by molar-refractivity contribution is -0.192. The molecule has 0 spiro atoms. The number of H-pyrrole nitrogens is 1. The Kier molecular flexibility index (Phi) is 5.10. The molecule has 0 amide bonds. The molecule has 3 N–H and O–H groups in total. The van der Waals surface area contributed by atoms with E-state index in [0.717, 1.165) is 25.9 Å². The van der Waals surface area contributed by atoms with Crippen LogP contribution in [0.5, 0.6) is 0 Å². The molecule has 1 aliphatic heterocycles. The van der Waals surface area contributed by atoms with E-state index in [2.05, 4.69) is 20.0 Å². The number of hydrogen-bond donors (Lipinski definition) is 3. The number of aromatic amines is 1. The molecule has 2 rings (SSSR count). The van der Waals surface area contributed by atoms with Crippen LogP contribution < -0.4 is 11.1 Å². The Morgan fingerprint density at radius 2 is 2.11 bits per heavy atom. The van der Waals surface area contributed by atoms with E-state index in [-0.39, 0.29) is 0 Å². The summed E-state index contributed by atoms with van der Waals surface area (Å²) in [7, 11) is 0. The van der Waals surface area contributed by atoms with E-state index in [0.29, 0.717) is 11.7 Å². The Labute approximate surface area is 104 Å². The van der Waals surface area contributed by atoms with Crippen LogP contribution in [0.3, 0.4) is 0 Å². The average Bonchev–Trinajstić information content (AvgIpc) is 2.77. The number of nitrogens with one attached hydrogen (secondary N) is 2. The summed E-state index contributed by atoms with van der Waals surface area (Å²) in [6.07, 6.45) is -2.89. The molecule has 1 fully saturated rings. The van der Waals surface area contributed by atoms with Crippen LogP contribution in [0, 0.1) is 0 Å². The summed E-state index contributed by atoms with van der Waals surface area (Å²) in [5, 5.41) is 14.0. The zero-order valence-electron chi connectivity index (χ0n) is 9.66. The molecule has 0 radical (unpaired) electrons. The van der Waals surface area contributed by atoms with Crippen LogP contribution >= 0.6 is 0 Å². The summed E-state index contributed by atoms with van der Waals surface area (Å²) < 4.78 is 36.2. The number of nitrogens with zero attached hydrogens (tertiary/aromatic N) is 1. The van der Waals surface area contributed by atoms with Gasteiger partial charge >= 0.3 is 17.9 Å². The normalized spacial score (nSPS) is 19.4. The third kappa shape index (κ3) is 5.12. The van der Waals surface area contributed by atoms with Crippen LogP contribution in [0.1, 0.15) is 24.6 Å². The fourth-order valence-electron chi connectivity index (χ4n) is 1.50. The SMILES string of the molecule is O=C(O)C(F)(F)F.O=c1[nH]c(C2CCCNC2)no1. The van der Waals surface area contributed by atoms with E-state index >= 15 is 0 Å². The highest BCUT2D eigenvalue weighted by Gasteiger charge is 2.38. The Balaban J connectivity index is 0.000000224. The third-order valence-corrected chi connectivity index (χ3v) is 2.38. The molecule has 1 aliphatic rings. The minimum atomic E-state index is -5.08. The Hall–Kier alpha value is -1.84. The molecule has 1 aromatic heterocycles. The van der Waals surface area contributed by atoms with Gasteiger partial charge in [0, 0.05) is 12.5 Å². The summed E-state index contributed by atoms with van der Waals surface area (Å²) in [6.45, 7) is 1.93. The first-order chi connectivity index (χ1) is 8.80. The molecule has 1 saturated heterocycles. The van der Waals surface area contributed by atoms with Crippen molar-refractivity contribution < 1.29 is 27.6 Å². The Morgan fingerprint density at radius 1 is 1.47 bits per heavy atom. The monoisotopic (exact) mass is 283 g/mol. The maximum Gasteiger partial charge on any atom is 0.490 e. The Bertz CT molecular complexity index is 462. The number of hydrogen-bond acceptors (Lipinski definition) is 5. The van der Waals surface area contributed by atoms with Gasteiger partial charge in [-0.05, 0) is 19.4 Å². The van der Waals surface area contributed by atoms with Crippen molar-refractivity contribution in [1.82, 2.24) is 15.5 Å².